The van der Waals surface area contributed by atoms with Gasteiger partial charge in [0.15, 0.2) is 0 Å². The summed E-state index contributed by atoms with van der Waals surface area (Å²) in [5.74, 6) is 4.71. The molecule has 18 heavy (non-hydrogen) atoms. The molecule has 0 aliphatic rings. The lowest BCUT2D eigenvalue weighted by Crippen LogP contribution is -2.28. The number of hydrogen-bond acceptors (Lipinski definition) is 6. The highest BCUT2D eigenvalue weighted by Crippen LogP contribution is 2.02. The summed E-state index contributed by atoms with van der Waals surface area (Å²) in [6, 6.07) is 0. The van der Waals surface area contributed by atoms with Crippen LogP contribution in [-0.4, -0.2) is 53.0 Å². The van der Waals surface area contributed by atoms with Crippen LogP contribution in [0.3, 0.4) is 0 Å². The Morgan fingerprint density at radius 1 is 1.00 bits per heavy atom. The molecule has 0 fully saturated rings. The Hall–Kier alpha value is -0.240. The fourth-order valence-electron chi connectivity index (χ4n) is 0.706. The average molecular weight is 271 g/mol. The lowest BCUT2D eigenvalue weighted by atomic mass is 10.1. The largest absolute Gasteiger partial charge is 0.400 e. The van der Waals surface area contributed by atoms with E-state index in [4.69, 9.17) is 26.3 Å². The number of rotatable bonds is 6. The minimum Gasteiger partial charge on any atom is -0.400 e. The van der Waals surface area contributed by atoms with Crippen molar-refractivity contribution in [3.63, 3.8) is 0 Å². The molecule has 0 aromatic rings. The lowest BCUT2D eigenvalue weighted by molar-refractivity contribution is -0.0150. The molecule has 6 N–H and O–H groups in total. The van der Waals surface area contributed by atoms with E-state index in [-0.39, 0.29) is 26.1 Å². The van der Waals surface area contributed by atoms with Gasteiger partial charge in [0, 0.05) is 20.1 Å². The molecule has 0 heterocycles. The summed E-state index contributed by atoms with van der Waals surface area (Å²) in [4.78, 5) is 4.21. The molecule has 0 aliphatic carbocycles. The summed E-state index contributed by atoms with van der Waals surface area (Å²) in [7, 11) is 1.00. The van der Waals surface area contributed by atoms with Crippen molar-refractivity contribution in [3.05, 3.63) is 0 Å². The van der Waals surface area contributed by atoms with E-state index in [2.05, 4.69) is 18.7 Å². The number of aliphatic hydroxyl groups excluding tert-OH is 4. The predicted molar refractivity (Wildman–Crippen MR) is 73.9 cm³/mol. The van der Waals surface area contributed by atoms with E-state index in [1.54, 1.807) is 0 Å². The standard InChI is InChI=1S/C6H15NO4.C3H8.C2H6.CH4O/c7-11-4-2-6(10)5(9)1-3-8;1-3-2;2*1-2/h5-6,8-10H,1-4,7H2;3H2,1-2H3;1-2H3;2H,1H3. The van der Waals surface area contributed by atoms with Gasteiger partial charge >= 0.3 is 0 Å². The Morgan fingerprint density at radius 3 is 1.61 bits per heavy atom. The first-order chi connectivity index (χ1) is 8.63. The minimum atomic E-state index is -0.893. The van der Waals surface area contributed by atoms with E-state index < -0.39 is 12.2 Å². The third-order valence-corrected chi connectivity index (χ3v) is 1.40. The Bertz CT molecular complexity index is 106. The summed E-state index contributed by atoms with van der Waals surface area (Å²) in [6.45, 7) is 8.31. The summed E-state index contributed by atoms with van der Waals surface area (Å²) in [6.07, 6.45) is -0.0653. The number of aliphatic hydroxyl groups is 4. The van der Waals surface area contributed by atoms with Crippen molar-refractivity contribution >= 4 is 0 Å². The second-order valence-corrected chi connectivity index (χ2v) is 3.01. The average Bonchev–Trinajstić information content (AvgIpc) is 2.41. The monoisotopic (exact) mass is 271 g/mol. The van der Waals surface area contributed by atoms with Gasteiger partial charge in [-0.3, -0.25) is 0 Å². The van der Waals surface area contributed by atoms with Gasteiger partial charge in [-0.05, 0) is 6.42 Å². The fourth-order valence-corrected chi connectivity index (χ4v) is 0.706. The minimum absolute atomic E-state index is 0.137. The molecule has 0 saturated carbocycles. The van der Waals surface area contributed by atoms with Gasteiger partial charge in [-0.15, -0.1) is 0 Å². The first-order valence-electron chi connectivity index (χ1n) is 6.37. The molecule has 116 valence electrons. The summed E-state index contributed by atoms with van der Waals surface area (Å²) in [5, 5.41) is 33.5. The van der Waals surface area contributed by atoms with Crippen molar-refractivity contribution in [2.75, 3.05) is 20.3 Å². The topological polar surface area (TPSA) is 116 Å². The molecule has 0 saturated heterocycles. The van der Waals surface area contributed by atoms with Gasteiger partial charge in [-0.25, -0.2) is 5.90 Å². The van der Waals surface area contributed by atoms with E-state index in [0.29, 0.717) is 0 Å². The van der Waals surface area contributed by atoms with Crippen molar-refractivity contribution in [2.45, 2.75) is 59.2 Å². The van der Waals surface area contributed by atoms with Crippen LogP contribution in [0, 0.1) is 0 Å². The molecular formula is C12H33NO5. The van der Waals surface area contributed by atoms with Crippen LogP contribution in [0.15, 0.2) is 0 Å². The molecule has 0 bridgehead atoms. The van der Waals surface area contributed by atoms with E-state index in [1.165, 1.54) is 6.42 Å². The first-order valence-corrected chi connectivity index (χ1v) is 6.37. The van der Waals surface area contributed by atoms with Crippen LogP contribution in [0.4, 0.5) is 0 Å². The fraction of sp³-hybridized carbons (Fsp3) is 1.00. The summed E-state index contributed by atoms with van der Waals surface area (Å²) >= 11 is 0. The maximum absolute atomic E-state index is 9.08. The van der Waals surface area contributed by atoms with Gasteiger partial charge < -0.3 is 25.3 Å². The zero-order valence-corrected chi connectivity index (χ0v) is 12.5. The van der Waals surface area contributed by atoms with Gasteiger partial charge in [0.05, 0.1) is 18.8 Å². The Labute approximate surface area is 111 Å². The highest BCUT2D eigenvalue weighted by atomic mass is 16.6. The third-order valence-electron chi connectivity index (χ3n) is 1.40. The quantitative estimate of drug-likeness (QED) is 0.447. The van der Waals surface area contributed by atoms with Gasteiger partial charge in [0.25, 0.3) is 0 Å². The van der Waals surface area contributed by atoms with Crippen molar-refractivity contribution < 1.29 is 25.3 Å². The van der Waals surface area contributed by atoms with Crippen LogP contribution in [0.25, 0.3) is 0 Å². The molecule has 0 spiro atoms. The van der Waals surface area contributed by atoms with Crippen molar-refractivity contribution in [1.82, 2.24) is 0 Å². The zero-order chi connectivity index (χ0) is 15.4. The second kappa shape index (κ2) is 30.1. The number of hydrogen-bond donors (Lipinski definition) is 5. The highest BCUT2D eigenvalue weighted by molar-refractivity contribution is 4.65. The van der Waals surface area contributed by atoms with Crippen molar-refractivity contribution in [3.8, 4) is 0 Å². The molecule has 0 radical (unpaired) electrons. The van der Waals surface area contributed by atoms with Crippen LogP contribution in [0.1, 0.15) is 47.0 Å². The van der Waals surface area contributed by atoms with Gasteiger partial charge in [-0.2, -0.15) is 0 Å². The SMILES string of the molecule is CC.CCC.CO.NOCCC(O)C(O)CCO. The molecule has 6 nitrogen and oxygen atoms in total. The van der Waals surface area contributed by atoms with Crippen LogP contribution >= 0.6 is 0 Å². The first kappa shape index (κ1) is 26.3. The molecule has 0 amide bonds. The molecule has 0 aromatic heterocycles. The maximum atomic E-state index is 9.08. The van der Waals surface area contributed by atoms with E-state index in [9.17, 15) is 0 Å². The van der Waals surface area contributed by atoms with Gasteiger partial charge in [0.2, 0.25) is 0 Å². The Kier molecular flexibility index (Phi) is 44.1. The summed E-state index contributed by atoms with van der Waals surface area (Å²) in [5.41, 5.74) is 0. The lowest BCUT2D eigenvalue weighted by Gasteiger charge is -2.15. The van der Waals surface area contributed by atoms with Crippen LogP contribution < -0.4 is 5.90 Å². The summed E-state index contributed by atoms with van der Waals surface area (Å²) < 4.78 is 0. The maximum Gasteiger partial charge on any atom is 0.0822 e. The smallest absolute Gasteiger partial charge is 0.0822 e. The van der Waals surface area contributed by atoms with E-state index >= 15 is 0 Å². The van der Waals surface area contributed by atoms with E-state index in [0.717, 1.165) is 7.11 Å². The number of nitrogens with two attached hydrogens (primary N) is 1. The zero-order valence-electron chi connectivity index (χ0n) is 12.5. The molecule has 0 rings (SSSR count). The highest BCUT2D eigenvalue weighted by Gasteiger charge is 2.14. The molecular weight excluding hydrogens is 238 g/mol. The Balaban J connectivity index is -0.000000118. The normalized spacial score (nSPS) is 11.7. The molecule has 2 unspecified atom stereocenters. The predicted octanol–water partition coefficient (Wildman–Crippen LogP) is 0.422. The van der Waals surface area contributed by atoms with Crippen molar-refractivity contribution in [1.29, 1.82) is 0 Å². The van der Waals surface area contributed by atoms with Crippen LogP contribution in [0.5, 0.6) is 0 Å². The second-order valence-electron chi connectivity index (χ2n) is 3.01. The molecule has 2 atom stereocenters. The van der Waals surface area contributed by atoms with Gasteiger partial charge in [-0.1, -0.05) is 34.1 Å². The van der Waals surface area contributed by atoms with Crippen LogP contribution in [-0.2, 0) is 4.84 Å². The van der Waals surface area contributed by atoms with Crippen LogP contribution in [0.2, 0.25) is 0 Å². The third kappa shape index (κ3) is 29.7. The molecule has 0 aromatic carbocycles. The van der Waals surface area contributed by atoms with E-state index in [1.807, 2.05) is 13.8 Å². The molecule has 6 heteroatoms. The molecule has 0 aliphatic heterocycles. The van der Waals surface area contributed by atoms with Crippen molar-refractivity contribution in [2.24, 2.45) is 5.90 Å². The Morgan fingerprint density at radius 2 is 1.33 bits per heavy atom. The van der Waals surface area contributed by atoms with Gasteiger partial charge in [0.1, 0.15) is 0 Å².